The van der Waals surface area contributed by atoms with Gasteiger partial charge in [0, 0.05) is 44.4 Å². The molecule has 0 spiro atoms. The van der Waals surface area contributed by atoms with E-state index in [-0.39, 0.29) is 5.91 Å². The Morgan fingerprint density at radius 3 is 2.89 bits per heavy atom. The normalized spacial score (nSPS) is 28.5. The predicted octanol–water partition coefficient (Wildman–Crippen LogP) is 0.428. The average Bonchev–Trinajstić information content (AvgIpc) is 2.73. The Balaban J connectivity index is 2.03. The minimum absolute atomic E-state index is 0.0894. The van der Waals surface area contributed by atoms with Gasteiger partial charge in [0.15, 0.2) is 0 Å². The van der Waals surface area contributed by atoms with Crippen LogP contribution in [0.4, 0.5) is 0 Å². The zero-order chi connectivity index (χ0) is 13.1. The van der Waals surface area contributed by atoms with E-state index in [0.717, 1.165) is 19.6 Å². The summed E-state index contributed by atoms with van der Waals surface area (Å²) in [7, 11) is 3.21. The van der Waals surface area contributed by atoms with Crippen molar-refractivity contribution >= 4 is 11.8 Å². The van der Waals surface area contributed by atoms with Crippen LogP contribution in [0.2, 0.25) is 0 Å². The molecule has 0 aliphatic carbocycles. The molecule has 18 heavy (non-hydrogen) atoms. The van der Waals surface area contributed by atoms with Crippen LogP contribution in [0.25, 0.3) is 0 Å². The molecule has 0 saturated carbocycles. The number of carbonyl (C=O) groups is 1. The van der Waals surface area contributed by atoms with E-state index >= 15 is 0 Å². The highest BCUT2D eigenvalue weighted by Gasteiger charge is 2.34. The minimum Gasteiger partial charge on any atom is -0.481 e. The van der Waals surface area contributed by atoms with E-state index in [1.807, 2.05) is 11.8 Å². The number of hydrogen-bond acceptors (Lipinski definition) is 4. The van der Waals surface area contributed by atoms with Crippen molar-refractivity contribution in [1.82, 2.24) is 10.2 Å². The zero-order valence-corrected chi connectivity index (χ0v) is 11.3. The molecule has 2 saturated heterocycles. The Bertz CT molecular complexity index is 378. The van der Waals surface area contributed by atoms with E-state index in [0.29, 0.717) is 23.4 Å². The van der Waals surface area contributed by atoms with Crippen molar-refractivity contribution in [2.45, 2.75) is 19.4 Å². The number of amides is 1. The number of likely N-dealkylation sites (tertiary alicyclic amines) is 1. The van der Waals surface area contributed by atoms with Crippen molar-refractivity contribution in [3.8, 4) is 0 Å². The maximum atomic E-state index is 12.3. The molecule has 5 nitrogen and oxygen atoms in total. The van der Waals surface area contributed by atoms with Gasteiger partial charge in [0.2, 0.25) is 11.8 Å². The van der Waals surface area contributed by atoms with Gasteiger partial charge in [-0.2, -0.15) is 0 Å². The van der Waals surface area contributed by atoms with Crippen molar-refractivity contribution in [1.29, 1.82) is 0 Å². The van der Waals surface area contributed by atoms with E-state index in [1.54, 1.807) is 20.2 Å². The highest BCUT2D eigenvalue weighted by Crippen LogP contribution is 2.23. The second-order valence-electron chi connectivity index (χ2n) is 5.01. The van der Waals surface area contributed by atoms with Crippen LogP contribution in [0, 0.1) is 5.92 Å². The lowest BCUT2D eigenvalue weighted by Gasteiger charge is -2.31. The van der Waals surface area contributed by atoms with Crippen molar-refractivity contribution in [2.75, 3.05) is 33.8 Å². The van der Waals surface area contributed by atoms with Gasteiger partial charge in [-0.15, -0.1) is 0 Å². The molecule has 0 aromatic rings. The fourth-order valence-electron chi connectivity index (χ4n) is 2.71. The van der Waals surface area contributed by atoms with E-state index in [9.17, 15) is 4.79 Å². The first kappa shape index (κ1) is 13.1. The van der Waals surface area contributed by atoms with Crippen LogP contribution in [-0.2, 0) is 9.53 Å². The molecule has 100 valence electrons. The van der Waals surface area contributed by atoms with Crippen molar-refractivity contribution in [3.63, 3.8) is 0 Å². The van der Waals surface area contributed by atoms with E-state index in [1.165, 1.54) is 6.42 Å². The van der Waals surface area contributed by atoms with Gasteiger partial charge in [-0.1, -0.05) is 0 Å². The Morgan fingerprint density at radius 2 is 2.28 bits per heavy atom. The van der Waals surface area contributed by atoms with Gasteiger partial charge in [-0.25, -0.2) is 0 Å². The summed E-state index contributed by atoms with van der Waals surface area (Å²) in [6, 6.07) is 0.474. The summed E-state index contributed by atoms with van der Waals surface area (Å²) in [6.07, 6.45) is 2.90. The topological polar surface area (TPSA) is 53.9 Å². The van der Waals surface area contributed by atoms with E-state index in [2.05, 4.69) is 10.3 Å². The number of carbonyl (C=O) groups excluding carboxylic acids is 1. The number of rotatable bonds is 2. The van der Waals surface area contributed by atoms with Gasteiger partial charge in [0.1, 0.15) is 0 Å². The van der Waals surface area contributed by atoms with Crippen molar-refractivity contribution in [2.24, 2.45) is 10.9 Å². The Hall–Kier alpha value is -1.36. The van der Waals surface area contributed by atoms with Gasteiger partial charge in [-0.05, 0) is 19.3 Å². The zero-order valence-electron chi connectivity index (χ0n) is 11.3. The number of nitrogens with zero attached hydrogens (tertiary/aromatic N) is 2. The molecule has 1 amide bonds. The second-order valence-corrected chi connectivity index (χ2v) is 5.01. The highest BCUT2D eigenvalue weighted by atomic mass is 16.5. The number of ether oxygens (including phenoxy) is 1. The number of fused-ring (bicyclic) bond motifs is 2. The highest BCUT2D eigenvalue weighted by molar-refractivity contribution is 6.00. The van der Waals surface area contributed by atoms with Gasteiger partial charge < -0.3 is 15.0 Å². The minimum atomic E-state index is 0.0894. The molecule has 2 aliphatic heterocycles. The third-order valence-corrected chi connectivity index (χ3v) is 3.63. The first-order chi connectivity index (χ1) is 8.63. The van der Waals surface area contributed by atoms with Gasteiger partial charge in [0.05, 0.1) is 7.11 Å². The van der Waals surface area contributed by atoms with Crippen molar-refractivity contribution < 1.29 is 9.53 Å². The van der Waals surface area contributed by atoms with Crippen LogP contribution in [-0.4, -0.2) is 56.5 Å². The molecular formula is C13H21N3O2. The Morgan fingerprint density at radius 1 is 1.50 bits per heavy atom. The lowest BCUT2D eigenvalue weighted by molar-refractivity contribution is -0.128. The monoisotopic (exact) mass is 251 g/mol. The SMILES string of the molecule is CN=C(/C=C(\C)C(=O)N1CC2CNC(C2)C1)OC. The first-order valence-electron chi connectivity index (χ1n) is 6.35. The fourth-order valence-corrected chi connectivity index (χ4v) is 2.71. The van der Waals surface area contributed by atoms with Gasteiger partial charge in [-0.3, -0.25) is 9.79 Å². The summed E-state index contributed by atoms with van der Waals surface area (Å²) in [5.74, 6) is 1.19. The summed E-state index contributed by atoms with van der Waals surface area (Å²) in [5.41, 5.74) is 0.679. The maximum absolute atomic E-state index is 12.3. The standard InChI is InChI=1S/C13H21N3O2/c1-9(4-12(14-2)18-3)13(17)16-7-10-5-11(8-16)15-6-10/h4,10-11,15H,5-8H2,1-3H3/b9-4+,14-12?. The number of hydrogen-bond donors (Lipinski definition) is 1. The lowest BCUT2D eigenvalue weighted by Crippen LogP contribution is -2.44. The largest absolute Gasteiger partial charge is 0.481 e. The summed E-state index contributed by atoms with van der Waals surface area (Å²) >= 11 is 0. The molecule has 2 atom stereocenters. The van der Waals surface area contributed by atoms with Crippen LogP contribution < -0.4 is 5.32 Å². The van der Waals surface area contributed by atoms with Gasteiger partial charge >= 0.3 is 0 Å². The molecule has 2 bridgehead atoms. The maximum Gasteiger partial charge on any atom is 0.249 e. The Labute approximate surface area is 108 Å². The smallest absolute Gasteiger partial charge is 0.249 e. The molecule has 2 heterocycles. The Kier molecular flexibility index (Phi) is 4.01. The average molecular weight is 251 g/mol. The summed E-state index contributed by atoms with van der Waals surface area (Å²) < 4.78 is 5.05. The number of nitrogens with one attached hydrogen (secondary N) is 1. The first-order valence-corrected chi connectivity index (χ1v) is 6.35. The van der Waals surface area contributed by atoms with Crippen molar-refractivity contribution in [3.05, 3.63) is 11.6 Å². The molecule has 2 unspecified atom stereocenters. The molecule has 5 heteroatoms. The van der Waals surface area contributed by atoms with Crippen LogP contribution in [0.5, 0.6) is 0 Å². The van der Waals surface area contributed by atoms with Crippen LogP contribution >= 0.6 is 0 Å². The quantitative estimate of drug-likeness (QED) is 0.440. The number of aliphatic imine (C=N–C) groups is 1. The van der Waals surface area contributed by atoms with E-state index < -0.39 is 0 Å². The number of methoxy groups -OCH3 is 1. The van der Waals surface area contributed by atoms with Crippen LogP contribution in [0.3, 0.4) is 0 Å². The van der Waals surface area contributed by atoms with Crippen LogP contribution in [0.1, 0.15) is 13.3 Å². The lowest BCUT2D eigenvalue weighted by atomic mass is 9.99. The fraction of sp³-hybridized carbons (Fsp3) is 0.692. The molecule has 2 fully saturated rings. The molecule has 0 aromatic heterocycles. The van der Waals surface area contributed by atoms with Gasteiger partial charge in [0.25, 0.3) is 0 Å². The number of piperidine rings is 1. The summed E-state index contributed by atoms with van der Waals surface area (Å²) in [6.45, 7) is 4.53. The molecule has 0 aromatic carbocycles. The van der Waals surface area contributed by atoms with E-state index in [4.69, 9.17) is 4.74 Å². The third kappa shape index (κ3) is 2.72. The molecule has 2 aliphatic rings. The second kappa shape index (κ2) is 5.52. The molecule has 2 rings (SSSR count). The summed E-state index contributed by atoms with van der Waals surface area (Å²) in [4.78, 5) is 18.2. The molecule has 0 radical (unpaired) electrons. The summed E-state index contributed by atoms with van der Waals surface area (Å²) in [5, 5.41) is 3.44. The third-order valence-electron chi connectivity index (χ3n) is 3.63. The molecule has 1 N–H and O–H groups in total. The molecular weight excluding hydrogens is 230 g/mol. The van der Waals surface area contributed by atoms with Crippen LogP contribution in [0.15, 0.2) is 16.6 Å². The predicted molar refractivity (Wildman–Crippen MR) is 70.6 cm³/mol.